The summed E-state index contributed by atoms with van der Waals surface area (Å²) < 4.78 is 91.0. The van der Waals surface area contributed by atoms with Gasteiger partial charge in [-0.1, -0.05) is 6.07 Å². The normalized spacial score (nSPS) is 13.9. The molecular weight excluding hydrogens is 555 g/mol. The lowest BCUT2D eigenvalue weighted by Gasteiger charge is -2.17. The number of halogens is 5. The Kier molecular flexibility index (Phi) is 6.09. The van der Waals surface area contributed by atoms with Crippen LogP contribution >= 0.6 is 0 Å². The Hall–Kier alpha value is -5.07. The van der Waals surface area contributed by atoms with Crippen LogP contribution in [0.5, 0.6) is 28.7 Å². The second-order valence-corrected chi connectivity index (χ2v) is 8.99. The number of hydrogen-bond acceptors (Lipinski definition) is 7. The summed E-state index contributed by atoms with van der Waals surface area (Å²) in [5.74, 6) is -10.5. The van der Waals surface area contributed by atoms with Gasteiger partial charge in [0.1, 0.15) is 5.75 Å². The molecule has 0 bridgehead atoms. The molecule has 210 valence electrons. The maximum Gasteiger partial charge on any atom is 0.275 e. The highest BCUT2D eigenvalue weighted by Gasteiger charge is 2.36. The van der Waals surface area contributed by atoms with E-state index in [0.29, 0.717) is 40.0 Å². The number of aromatic hydroxyl groups is 1. The molecular formula is C28H17F5N2O6. The molecule has 0 saturated carbocycles. The third kappa shape index (κ3) is 3.87. The zero-order valence-corrected chi connectivity index (χ0v) is 21.2. The summed E-state index contributed by atoms with van der Waals surface area (Å²) in [5, 5.41) is 16.4. The first-order valence-electron chi connectivity index (χ1n) is 11.9. The third-order valence-corrected chi connectivity index (χ3v) is 6.87. The number of nitrogens with zero attached hydrogens (tertiary/aromatic N) is 2. The topological polar surface area (TPSA) is 89.8 Å². The number of carbonyl (C=O) groups excluding carboxylic acids is 1. The largest absolute Gasteiger partial charge is 0.507 e. The number of amides is 1. The number of benzene rings is 4. The van der Waals surface area contributed by atoms with Gasteiger partial charge in [0.25, 0.3) is 5.91 Å². The predicted octanol–water partition coefficient (Wildman–Crippen LogP) is 5.64. The minimum absolute atomic E-state index is 0.00262. The van der Waals surface area contributed by atoms with Crippen LogP contribution in [0.4, 0.5) is 22.0 Å². The quantitative estimate of drug-likeness (QED) is 0.144. The van der Waals surface area contributed by atoms with Crippen LogP contribution in [0.1, 0.15) is 21.5 Å². The molecule has 0 radical (unpaired) electrons. The molecule has 8 nitrogen and oxygen atoms in total. The highest BCUT2D eigenvalue weighted by atomic mass is 19.2. The van der Waals surface area contributed by atoms with E-state index in [9.17, 15) is 31.9 Å². The van der Waals surface area contributed by atoms with Gasteiger partial charge in [-0.15, -0.1) is 0 Å². The molecule has 41 heavy (non-hydrogen) atoms. The Labute approximate surface area is 227 Å². The fourth-order valence-electron chi connectivity index (χ4n) is 4.90. The summed E-state index contributed by atoms with van der Waals surface area (Å²) in [4.78, 5) is 13.7. The monoisotopic (exact) mass is 572 g/mol. The lowest BCUT2D eigenvalue weighted by atomic mass is 9.89. The minimum atomic E-state index is -2.32. The van der Waals surface area contributed by atoms with Crippen LogP contribution in [0.3, 0.4) is 0 Å². The standard InChI is InChI=1S/C28H17F5N2O6/c1-38-17-6-12-13(7-18(17)39-2)27(36)15-9-35(34-8-14-22(29)24(31)26(33)25(32)23(14)30)28(37)21(15)20(12)11-3-4-16-19(5-11)41-10-40-16/h3-8,36H,9-10H2,1-2H3/b34-8+. The Morgan fingerprint density at radius 1 is 0.854 bits per heavy atom. The molecule has 4 aromatic carbocycles. The van der Waals surface area contributed by atoms with E-state index in [0.717, 1.165) is 5.01 Å². The first kappa shape index (κ1) is 26.2. The number of phenols is 1. The van der Waals surface area contributed by atoms with Crippen LogP contribution in [0.15, 0.2) is 35.4 Å². The van der Waals surface area contributed by atoms with Crippen molar-refractivity contribution in [3.63, 3.8) is 0 Å². The SMILES string of the molecule is COc1cc2c(O)c3c(c(-c4ccc5c(c4)OCO5)c2cc1OC)C(=O)N(/N=C/c1c(F)c(F)c(F)c(F)c1F)C3. The molecule has 0 aromatic heterocycles. The Morgan fingerprint density at radius 2 is 1.46 bits per heavy atom. The van der Waals surface area contributed by atoms with Crippen molar-refractivity contribution in [2.75, 3.05) is 21.0 Å². The molecule has 0 saturated heterocycles. The third-order valence-electron chi connectivity index (χ3n) is 6.87. The Bertz CT molecular complexity index is 1800. The Balaban J connectivity index is 1.55. The van der Waals surface area contributed by atoms with Gasteiger partial charge in [-0.2, -0.15) is 5.10 Å². The van der Waals surface area contributed by atoms with Crippen molar-refractivity contribution >= 4 is 22.9 Å². The number of carbonyl (C=O) groups is 1. The molecule has 2 aliphatic rings. The number of ether oxygens (including phenoxy) is 4. The van der Waals surface area contributed by atoms with Gasteiger partial charge in [-0.05, 0) is 35.2 Å². The van der Waals surface area contributed by atoms with Gasteiger partial charge in [-0.3, -0.25) is 4.79 Å². The van der Waals surface area contributed by atoms with Crippen LogP contribution in [-0.4, -0.2) is 43.2 Å². The molecule has 1 N–H and O–H groups in total. The van der Waals surface area contributed by atoms with E-state index in [2.05, 4.69) is 5.10 Å². The number of phenolic OH excluding ortho intramolecular Hbond substituents is 1. The van der Waals surface area contributed by atoms with Crippen molar-refractivity contribution in [2.24, 2.45) is 5.10 Å². The lowest BCUT2D eigenvalue weighted by Crippen LogP contribution is -2.18. The summed E-state index contributed by atoms with van der Waals surface area (Å²) in [6.45, 7) is -0.384. The summed E-state index contributed by atoms with van der Waals surface area (Å²) in [7, 11) is 2.82. The molecule has 6 rings (SSSR count). The fourth-order valence-corrected chi connectivity index (χ4v) is 4.90. The van der Waals surface area contributed by atoms with E-state index in [1.807, 2.05) is 0 Å². The molecule has 2 heterocycles. The number of fused-ring (bicyclic) bond motifs is 3. The molecule has 1 amide bonds. The highest BCUT2D eigenvalue weighted by Crippen LogP contribution is 2.49. The van der Waals surface area contributed by atoms with E-state index < -0.39 is 40.6 Å². The van der Waals surface area contributed by atoms with Crippen LogP contribution in [-0.2, 0) is 6.54 Å². The van der Waals surface area contributed by atoms with Crippen LogP contribution in [0.2, 0.25) is 0 Å². The summed E-state index contributed by atoms with van der Waals surface area (Å²) in [6.07, 6.45) is 0.364. The number of rotatable bonds is 5. The van der Waals surface area contributed by atoms with Crippen molar-refractivity contribution in [1.82, 2.24) is 5.01 Å². The molecule has 2 aliphatic heterocycles. The average molecular weight is 572 g/mol. The molecule has 13 heteroatoms. The van der Waals surface area contributed by atoms with Crippen LogP contribution in [0, 0.1) is 29.1 Å². The second kappa shape index (κ2) is 9.54. The van der Waals surface area contributed by atoms with Gasteiger partial charge >= 0.3 is 0 Å². The maximum atomic E-state index is 14.2. The van der Waals surface area contributed by atoms with Crippen molar-refractivity contribution in [3.8, 4) is 39.9 Å². The van der Waals surface area contributed by atoms with Gasteiger partial charge < -0.3 is 24.1 Å². The van der Waals surface area contributed by atoms with Crippen molar-refractivity contribution in [3.05, 3.63) is 76.1 Å². The van der Waals surface area contributed by atoms with Gasteiger partial charge in [0, 0.05) is 16.5 Å². The smallest absolute Gasteiger partial charge is 0.275 e. The second-order valence-electron chi connectivity index (χ2n) is 8.99. The van der Waals surface area contributed by atoms with E-state index >= 15 is 0 Å². The van der Waals surface area contributed by atoms with E-state index in [1.54, 1.807) is 24.3 Å². The minimum Gasteiger partial charge on any atom is -0.507 e. The first-order valence-corrected chi connectivity index (χ1v) is 11.9. The molecule has 0 aliphatic carbocycles. The average Bonchev–Trinajstić information content (AvgIpc) is 3.59. The van der Waals surface area contributed by atoms with Gasteiger partial charge in [0.2, 0.25) is 12.6 Å². The van der Waals surface area contributed by atoms with Crippen molar-refractivity contribution in [1.29, 1.82) is 0 Å². The summed E-state index contributed by atoms with van der Waals surface area (Å²) in [6, 6.07) is 8.04. The van der Waals surface area contributed by atoms with Gasteiger partial charge in [-0.25, -0.2) is 27.0 Å². The van der Waals surface area contributed by atoms with E-state index in [-0.39, 0.29) is 41.3 Å². The zero-order chi connectivity index (χ0) is 29.2. The zero-order valence-electron chi connectivity index (χ0n) is 21.2. The molecule has 0 atom stereocenters. The van der Waals surface area contributed by atoms with Crippen LogP contribution < -0.4 is 18.9 Å². The maximum absolute atomic E-state index is 14.2. The van der Waals surface area contributed by atoms with Crippen LogP contribution in [0.25, 0.3) is 21.9 Å². The van der Waals surface area contributed by atoms with Gasteiger partial charge in [0.05, 0.1) is 38.1 Å². The molecule has 0 fully saturated rings. The van der Waals surface area contributed by atoms with E-state index in [1.165, 1.54) is 20.3 Å². The number of methoxy groups -OCH3 is 2. The van der Waals surface area contributed by atoms with E-state index in [4.69, 9.17) is 18.9 Å². The summed E-state index contributed by atoms with van der Waals surface area (Å²) >= 11 is 0. The molecule has 4 aromatic rings. The predicted molar refractivity (Wildman–Crippen MR) is 134 cm³/mol. The van der Waals surface area contributed by atoms with Gasteiger partial charge in [0.15, 0.2) is 46.3 Å². The number of hydrazone groups is 1. The number of hydrogen-bond donors (Lipinski definition) is 1. The molecule has 0 unspecified atom stereocenters. The lowest BCUT2D eigenvalue weighted by molar-refractivity contribution is 0.0785. The van der Waals surface area contributed by atoms with Crippen molar-refractivity contribution < 1.29 is 50.8 Å². The highest BCUT2D eigenvalue weighted by molar-refractivity contribution is 6.15. The fraction of sp³-hybridized carbons (Fsp3) is 0.143. The summed E-state index contributed by atoms with van der Waals surface area (Å²) in [5.41, 5.74) is -0.398. The Morgan fingerprint density at radius 3 is 2.12 bits per heavy atom. The van der Waals surface area contributed by atoms with Crippen molar-refractivity contribution in [2.45, 2.75) is 6.54 Å². The molecule has 0 spiro atoms. The first-order chi connectivity index (χ1) is 19.7.